The van der Waals surface area contributed by atoms with Gasteiger partial charge in [0.2, 0.25) is 6.41 Å². The van der Waals surface area contributed by atoms with Crippen LogP contribution in [0.5, 0.6) is 0 Å². The molecule has 1 aromatic heterocycles. The van der Waals surface area contributed by atoms with Crippen molar-refractivity contribution in [2.24, 2.45) is 0 Å². The van der Waals surface area contributed by atoms with Crippen molar-refractivity contribution in [3.8, 4) is 0 Å². The molecule has 1 unspecified atom stereocenters. The van der Waals surface area contributed by atoms with Gasteiger partial charge in [-0.3, -0.25) is 14.4 Å². The lowest BCUT2D eigenvalue weighted by molar-refractivity contribution is -0.143. The molecule has 1 rings (SSSR count). The monoisotopic (exact) mass is 259 g/mol. The molecule has 7 heteroatoms. The Labute approximate surface area is 100 Å². The first kappa shape index (κ1) is 13.3. The molecule has 0 spiro atoms. The Hall–Kier alpha value is -1.76. The van der Waals surface area contributed by atoms with Crippen molar-refractivity contribution in [2.75, 3.05) is 6.67 Å². The predicted molar refractivity (Wildman–Crippen MR) is 58.4 cm³/mol. The fraction of sp³-hybridized carbons (Fsp3) is 0.300. The van der Waals surface area contributed by atoms with E-state index in [1.807, 2.05) is 0 Å². The SMILES string of the molecule is O=CNC(CC(=O)O)(C(=O)CF)c1cccs1. The van der Waals surface area contributed by atoms with Gasteiger partial charge in [0.25, 0.3) is 0 Å². The van der Waals surface area contributed by atoms with Gasteiger partial charge in [-0.05, 0) is 11.4 Å². The molecule has 0 aliphatic carbocycles. The van der Waals surface area contributed by atoms with Gasteiger partial charge < -0.3 is 10.4 Å². The first-order chi connectivity index (χ1) is 8.06. The minimum Gasteiger partial charge on any atom is -0.481 e. The van der Waals surface area contributed by atoms with Crippen LogP contribution in [-0.4, -0.2) is 29.9 Å². The highest BCUT2D eigenvalue weighted by atomic mass is 32.1. The Morgan fingerprint density at radius 3 is 2.71 bits per heavy atom. The Balaban J connectivity index is 3.24. The lowest BCUT2D eigenvalue weighted by atomic mass is 9.88. The van der Waals surface area contributed by atoms with Gasteiger partial charge in [-0.2, -0.15) is 0 Å². The van der Waals surface area contributed by atoms with E-state index in [4.69, 9.17) is 5.11 Å². The largest absolute Gasteiger partial charge is 0.481 e. The lowest BCUT2D eigenvalue weighted by Gasteiger charge is -2.28. The van der Waals surface area contributed by atoms with E-state index >= 15 is 0 Å². The van der Waals surface area contributed by atoms with E-state index in [9.17, 15) is 18.8 Å². The fourth-order valence-corrected chi connectivity index (χ4v) is 2.40. The summed E-state index contributed by atoms with van der Waals surface area (Å²) in [6.45, 7) is -1.34. The molecule has 1 atom stereocenters. The number of halogens is 1. The average Bonchev–Trinajstić information content (AvgIpc) is 2.80. The molecule has 0 radical (unpaired) electrons. The molecular formula is C10H10FNO4S. The highest BCUT2D eigenvalue weighted by molar-refractivity contribution is 7.10. The summed E-state index contributed by atoms with van der Waals surface area (Å²) in [6, 6.07) is 3.08. The number of carboxylic acid groups (broad SMARTS) is 1. The van der Waals surface area contributed by atoms with Crippen LogP contribution in [0.25, 0.3) is 0 Å². The van der Waals surface area contributed by atoms with E-state index in [2.05, 4.69) is 5.32 Å². The molecular weight excluding hydrogens is 249 g/mol. The van der Waals surface area contributed by atoms with Gasteiger partial charge in [-0.25, -0.2) is 4.39 Å². The van der Waals surface area contributed by atoms with Crippen LogP contribution in [0.4, 0.5) is 4.39 Å². The zero-order valence-corrected chi connectivity index (χ0v) is 9.50. The molecule has 0 bridgehead atoms. The van der Waals surface area contributed by atoms with Gasteiger partial charge in [0.05, 0.1) is 6.42 Å². The second-order valence-corrected chi connectivity index (χ2v) is 4.22. The predicted octanol–water partition coefficient (Wildman–Crippen LogP) is 0.703. The summed E-state index contributed by atoms with van der Waals surface area (Å²) in [4.78, 5) is 33.2. The Kier molecular flexibility index (Phi) is 4.33. The molecule has 17 heavy (non-hydrogen) atoms. The number of nitrogens with one attached hydrogen (secondary N) is 1. The Morgan fingerprint density at radius 1 is 1.59 bits per heavy atom. The first-order valence-corrected chi connectivity index (χ1v) is 5.51. The van der Waals surface area contributed by atoms with Gasteiger partial charge in [0, 0.05) is 4.88 Å². The molecule has 92 valence electrons. The third-order valence-corrected chi connectivity index (χ3v) is 3.29. The van der Waals surface area contributed by atoms with E-state index in [0.29, 0.717) is 4.88 Å². The van der Waals surface area contributed by atoms with Crippen molar-refractivity contribution in [3.05, 3.63) is 22.4 Å². The van der Waals surface area contributed by atoms with E-state index in [1.165, 1.54) is 6.07 Å². The van der Waals surface area contributed by atoms with Crippen molar-refractivity contribution in [1.29, 1.82) is 0 Å². The molecule has 0 saturated heterocycles. The molecule has 0 aliphatic heterocycles. The molecule has 1 amide bonds. The molecule has 2 N–H and O–H groups in total. The molecule has 0 fully saturated rings. The fourth-order valence-electron chi connectivity index (χ4n) is 1.49. The van der Waals surface area contributed by atoms with Crippen LogP contribution in [0.15, 0.2) is 17.5 Å². The van der Waals surface area contributed by atoms with Gasteiger partial charge in [-0.15, -0.1) is 11.3 Å². The Morgan fingerprint density at radius 2 is 2.29 bits per heavy atom. The van der Waals surface area contributed by atoms with Gasteiger partial charge in [0.1, 0.15) is 5.54 Å². The highest BCUT2D eigenvalue weighted by Crippen LogP contribution is 2.30. The van der Waals surface area contributed by atoms with Crippen LogP contribution in [0, 0.1) is 0 Å². The quantitative estimate of drug-likeness (QED) is 0.706. The zero-order valence-electron chi connectivity index (χ0n) is 8.68. The van der Waals surface area contributed by atoms with Crippen LogP contribution in [-0.2, 0) is 19.9 Å². The molecule has 1 heterocycles. The second kappa shape index (κ2) is 5.53. The smallest absolute Gasteiger partial charge is 0.306 e. The zero-order chi connectivity index (χ0) is 12.9. The summed E-state index contributed by atoms with van der Waals surface area (Å²) in [7, 11) is 0. The highest BCUT2D eigenvalue weighted by Gasteiger charge is 2.42. The molecule has 1 aromatic rings. The average molecular weight is 259 g/mol. The number of alkyl halides is 1. The number of carboxylic acids is 1. The lowest BCUT2D eigenvalue weighted by Crippen LogP contribution is -2.50. The minimum absolute atomic E-state index is 0.205. The summed E-state index contributed by atoms with van der Waals surface area (Å²) in [5.41, 5.74) is -1.81. The molecule has 0 aromatic carbocycles. The maximum atomic E-state index is 12.6. The van der Waals surface area contributed by atoms with Crippen LogP contribution in [0.3, 0.4) is 0 Å². The minimum atomic E-state index is -1.81. The van der Waals surface area contributed by atoms with E-state index in [0.717, 1.165) is 11.3 Å². The second-order valence-electron chi connectivity index (χ2n) is 3.27. The number of rotatable bonds is 7. The number of amides is 1. The van der Waals surface area contributed by atoms with Crippen LogP contribution >= 0.6 is 11.3 Å². The van der Waals surface area contributed by atoms with Crippen LogP contribution < -0.4 is 5.32 Å². The molecule has 0 saturated carbocycles. The standard InChI is InChI=1S/C10H10FNO4S/c11-5-7(14)10(12-6-13,4-9(15)16)8-2-1-3-17-8/h1-3,6H,4-5H2,(H,12,13)(H,15,16). The topological polar surface area (TPSA) is 83.5 Å². The number of carbonyl (C=O) groups excluding carboxylic acids is 2. The summed E-state index contributed by atoms with van der Waals surface area (Å²) in [5, 5.41) is 12.5. The van der Waals surface area contributed by atoms with E-state index < -0.39 is 30.4 Å². The third kappa shape index (κ3) is 2.68. The van der Waals surface area contributed by atoms with Crippen LogP contribution in [0.2, 0.25) is 0 Å². The number of Topliss-reactive ketones (excluding diaryl/α,β-unsaturated/α-hetero) is 1. The van der Waals surface area contributed by atoms with Gasteiger partial charge in [0.15, 0.2) is 12.5 Å². The number of thiophene rings is 1. The summed E-state index contributed by atoms with van der Waals surface area (Å²) in [6.07, 6.45) is -0.481. The normalized spacial score (nSPS) is 13.7. The number of carbonyl (C=O) groups is 3. The number of hydrogen-bond acceptors (Lipinski definition) is 4. The van der Waals surface area contributed by atoms with Gasteiger partial charge >= 0.3 is 5.97 Å². The maximum Gasteiger partial charge on any atom is 0.306 e. The van der Waals surface area contributed by atoms with Crippen molar-refractivity contribution in [1.82, 2.24) is 5.32 Å². The maximum absolute atomic E-state index is 12.6. The summed E-state index contributed by atoms with van der Waals surface area (Å²) in [5.74, 6) is -2.27. The van der Waals surface area contributed by atoms with Crippen molar-refractivity contribution < 1.29 is 23.9 Å². The summed E-state index contributed by atoms with van der Waals surface area (Å²) >= 11 is 1.08. The van der Waals surface area contributed by atoms with Gasteiger partial charge in [-0.1, -0.05) is 6.07 Å². The van der Waals surface area contributed by atoms with Crippen LogP contribution in [0.1, 0.15) is 11.3 Å². The number of aliphatic carboxylic acids is 1. The summed E-state index contributed by atoms with van der Waals surface area (Å²) < 4.78 is 12.6. The molecule has 0 aliphatic rings. The van der Waals surface area contributed by atoms with Crippen molar-refractivity contribution in [3.63, 3.8) is 0 Å². The molecule has 5 nitrogen and oxygen atoms in total. The third-order valence-electron chi connectivity index (χ3n) is 2.26. The van der Waals surface area contributed by atoms with Crippen molar-refractivity contribution in [2.45, 2.75) is 12.0 Å². The Bertz CT molecular complexity index is 420. The van der Waals surface area contributed by atoms with E-state index in [-0.39, 0.29) is 6.41 Å². The van der Waals surface area contributed by atoms with Crippen molar-refractivity contribution >= 4 is 29.5 Å². The van der Waals surface area contributed by atoms with E-state index in [1.54, 1.807) is 11.4 Å². The first-order valence-electron chi connectivity index (χ1n) is 4.63. The number of hydrogen-bond donors (Lipinski definition) is 2. The number of ketones is 1.